The molecule has 0 aromatic heterocycles. The van der Waals surface area contributed by atoms with Gasteiger partial charge in [0.05, 0.1) is 0 Å². The summed E-state index contributed by atoms with van der Waals surface area (Å²) >= 11 is 6.31. The van der Waals surface area contributed by atoms with Crippen LogP contribution in [0.4, 0.5) is 0 Å². The van der Waals surface area contributed by atoms with E-state index in [2.05, 4.69) is 56.4 Å². The van der Waals surface area contributed by atoms with Crippen LogP contribution in [0.1, 0.15) is 45.6 Å². The van der Waals surface area contributed by atoms with Crippen LogP contribution in [0.15, 0.2) is 30.3 Å². The molecule has 0 radical (unpaired) electrons. The molecular formula is C17H28ClN. The van der Waals surface area contributed by atoms with E-state index >= 15 is 0 Å². The molecule has 0 bridgehead atoms. The molecule has 0 aliphatic carbocycles. The molecule has 1 nitrogen and oxygen atoms in total. The predicted octanol–water partition coefficient (Wildman–Crippen LogP) is 4.64. The summed E-state index contributed by atoms with van der Waals surface area (Å²) in [4.78, 5) is 0. The Morgan fingerprint density at radius 2 is 1.79 bits per heavy atom. The number of nitrogens with one attached hydrogen (secondary N) is 1. The standard InChI is InChI=1S/C17H28ClN/c1-17(2,3)13-16(18)14-19-12-8-7-11-15-9-5-4-6-10-15/h4-6,9-10,16,19H,7-8,11-14H2,1-3H3. The van der Waals surface area contributed by atoms with E-state index in [1.807, 2.05) is 0 Å². The highest BCUT2D eigenvalue weighted by atomic mass is 35.5. The van der Waals surface area contributed by atoms with E-state index in [1.165, 1.54) is 24.8 Å². The summed E-state index contributed by atoms with van der Waals surface area (Å²) in [6.45, 7) is 8.71. The molecule has 1 rings (SSSR count). The van der Waals surface area contributed by atoms with Gasteiger partial charge in [0.25, 0.3) is 0 Å². The molecule has 1 unspecified atom stereocenters. The van der Waals surface area contributed by atoms with Gasteiger partial charge in [0.15, 0.2) is 0 Å². The second-order valence-corrected chi connectivity index (χ2v) is 7.13. The van der Waals surface area contributed by atoms with Gasteiger partial charge in [0.2, 0.25) is 0 Å². The fourth-order valence-corrected chi connectivity index (χ4v) is 2.79. The Morgan fingerprint density at radius 1 is 1.11 bits per heavy atom. The second-order valence-electron chi connectivity index (χ2n) is 6.51. The summed E-state index contributed by atoms with van der Waals surface area (Å²) in [6, 6.07) is 10.7. The van der Waals surface area contributed by atoms with Gasteiger partial charge in [-0.25, -0.2) is 0 Å². The van der Waals surface area contributed by atoms with Crippen LogP contribution in [0.2, 0.25) is 0 Å². The third kappa shape index (κ3) is 9.07. The van der Waals surface area contributed by atoms with E-state index in [0.29, 0.717) is 5.41 Å². The molecule has 0 amide bonds. The molecule has 0 saturated carbocycles. The van der Waals surface area contributed by atoms with E-state index < -0.39 is 0 Å². The normalized spacial score (nSPS) is 13.5. The van der Waals surface area contributed by atoms with Crippen LogP contribution < -0.4 is 5.32 Å². The van der Waals surface area contributed by atoms with Crippen molar-refractivity contribution in [2.45, 2.75) is 51.8 Å². The maximum absolute atomic E-state index is 6.31. The zero-order chi connectivity index (χ0) is 14.1. The van der Waals surface area contributed by atoms with Crippen LogP contribution in [0, 0.1) is 5.41 Å². The van der Waals surface area contributed by atoms with Crippen molar-refractivity contribution in [3.05, 3.63) is 35.9 Å². The minimum atomic E-state index is 0.245. The number of benzene rings is 1. The lowest BCUT2D eigenvalue weighted by Gasteiger charge is -2.22. The number of alkyl halides is 1. The van der Waals surface area contributed by atoms with Crippen molar-refractivity contribution in [1.82, 2.24) is 5.32 Å². The molecule has 1 aromatic carbocycles. The Kier molecular flexibility index (Phi) is 7.48. The van der Waals surface area contributed by atoms with Crippen molar-refractivity contribution in [1.29, 1.82) is 0 Å². The summed E-state index contributed by atoms with van der Waals surface area (Å²) in [5, 5.41) is 3.71. The summed E-state index contributed by atoms with van der Waals surface area (Å²) in [5.74, 6) is 0. The molecule has 1 aromatic rings. The molecule has 108 valence electrons. The maximum atomic E-state index is 6.31. The molecule has 0 aliphatic heterocycles. The summed E-state index contributed by atoms with van der Waals surface area (Å²) in [6.07, 6.45) is 4.69. The Morgan fingerprint density at radius 3 is 2.42 bits per heavy atom. The summed E-state index contributed by atoms with van der Waals surface area (Å²) in [7, 11) is 0. The average molecular weight is 282 g/mol. The molecule has 1 N–H and O–H groups in total. The molecule has 0 aliphatic rings. The topological polar surface area (TPSA) is 12.0 Å². The minimum Gasteiger partial charge on any atom is -0.315 e. The van der Waals surface area contributed by atoms with Crippen LogP contribution in [0.3, 0.4) is 0 Å². The first-order valence-corrected chi connectivity index (χ1v) is 7.80. The first-order chi connectivity index (χ1) is 8.97. The van der Waals surface area contributed by atoms with E-state index in [4.69, 9.17) is 11.6 Å². The minimum absolute atomic E-state index is 0.245. The number of rotatable bonds is 8. The number of aryl methyl sites for hydroxylation is 1. The fourth-order valence-electron chi connectivity index (χ4n) is 2.22. The fraction of sp³-hybridized carbons (Fsp3) is 0.647. The van der Waals surface area contributed by atoms with E-state index in [-0.39, 0.29) is 5.38 Å². The lowest BCUT2D eigenvalue weighted by Crippen LogP contribution is -2.27. The highest BCUT2D eigenvalue weighted by molar-refractivity contribution is 6.20. The van der Waals surface area contributed by atoms with Crippen molar-refractivity contribution < 1.29 is 0 Å². The zero-order valence-electron chi connectivity index (χ0n) is 12.6. The SMILES string of the molecule is CC(C)(C)CC(Cl)CNCCCCc1ccccc1. The smallest absolute Gasteiger partial charge is 0.0465 e. The van der Waals surface area contributed by atoms with Gasteiger partial charge in [-0.3, -0.25) is 0 Å². The van der Waals surface area contributed by atoms with Gasteiger partial charge >= 0.3 is 0 Å². The van der Waals surface area contributed by atoms with Crippen LogP contribution in [0.5, 0.6) is 0 Å². The molecular weight excluding hydrogens is 254 g/mol. The maximum Gasteiger partial charge on any atom is 0.0465 e. The number of hydrogen-bond acceptors (Lipinski definition) is 1. The van der Waals surface area contributed by atoms with Crippen molar-refractivity contribution in [3.8, 4) is 0 Å². The summed E-state index contributed by atoms with van der Waals surface area (Å²) < 4.78 is 0. The Balaban J connectivity index is 2.00. The quantitative estimate of drug-likeness (QED) is 0.541. The third-order valence-corrected chi connectivity index (χ3v) is 3.42. The molecule has 0 spiro atoms. The zero-order valence-corrected chi connectivity index (χ0v) is 13.3. The lowest BCUT2D eigenvalue weighted by atomic mass is 9.90. The van der Waals surface area contributed by atoms with Gasteiger partial charge in [-0.2, -0.15) is 0 Å². The Labute approximate surface area is 123 Å². The van der Waals surface area contributed by atoms with E-state index in [9.17, 15) is 0 Å². The largest absolute Gasteiger partial charge is 0.315 e. The van der Waals surface area contributed by atoms with Crippen molar-refractivity contribution >= 4 is 11.6 Å². The molecule has 0 saturated heterocycles. The molecule has 1 atom stereocenters. The van der Waals surface area contributed by atoms with Gasteiger partial charge in [-0.05, 0) is 43.2 Å². The molecule has 19 heavy (non-hydrogen) atoms. The number of halogens is 1. The van der Waals surface area contributed by atoms with Gasteiger partial charge < -0.3 is 5.32 Å². The van der Waals surface area contributed by atoms with Crippen LogP contribution >= 0.6 is 11.6 Å². The van der Waals surface area contributed by atoms with Crippen molar-refractivity contribution in [2.75, 3.05) is 13.1 Å². The highest BCUT2D eigenvalue weighted by Crippen LogP contribution is 2.23. The third-order valence-electron chi connectivity index (χ3n) is 3.11. The van der Waals surface area contributed by atoms with Crippen molar-refractivity contribution in [2.24, 2.45) is 5.41 Å². The lowest BCUT2D eigenvalue weighted by molar-refractivity contribution is 0.364. The van der Waals surface area contributed by atoms with Crippen LogP contribution in [-0.4, -0.2) is 18.5 Å². The molecule has 2 heteroatoms. The first-order valence-electron chi connectivity index (χ1n) is 7.36. The van der Waals surface area contributed by atoms with Gasteiger partial charge in [0.1, 0.15) is 0 Å². The van der Waals surface area contributed by atoms with Crippen molar-refractivity contribution in [3.63, 3.8) is 0 Å². The van der Waals surface area contributed by atoms with Crippen LogP contribution in [-0.2, 0) is 6.42 Å². The number of hydrogen-bond donors (Lipinski definition) is 1. The van der Waals surface area contributed by atoms with E-state index in [1.54, 1.807) is 0 Å². The molecule has 0 heterocycles. The van der Waals surface area contributed by atoms with Crippen LogP contribution in [0.25, 0.3) is 0 Å². The van der Waals surface area contributed by atoms with Gasteiger partial charge in [-0.15, -0.1) is 11.6 Å². The molecule has 0 fully saturated rings. The van der Waals surface area contributed by atoms with Gasteiger partial charge in [-0.1, -0.05) is 51.1 Å². The Bertz CT molecular complexity index is 329. The first kappa shape index (κ1) is 16.5. The number of unbranched alkanes of at least 4 members (excludes halogenated alkanes) is 1. The monoisotopic (exact) mass is 281 g/mol. The Hall–Kier alpha value is -0.530. The average Bonchev–Trinajstić information content (AvgIpc) is 2.32. The van der Waals surface area contributed by atoms with Gasteiger partial charge in [0, 0.05) is 11.9 Å². The van der Waals surface area contributed by atoms with E-state index in [0.717, 1.165) is 19.5 Å². The second kappa shape index (κ2) is 8.60. The highest BCUT2D eigenvalue weighted by Gasteiger charge is 2.16. The predicted molar refractivity (Wildman–Crippen MR) is 86.0 cm³/mol. The summed E-state index contributed by atoms with van der Waals surface area (Å²) in [5.41, 5.74) is 1.76.